The van der Waals surface area contributed by atoms with Crippen molar-refractivity contribution in [3.63, 3.8) is 0 Å². The molecule has 0 radical (unpaired) electrons. The highest BCUT2D eigenvalue weighted by Crippen LogP contribution is 2.17. The maximum Gasteiger partial charge on any atom is 0.321 e. The van der Waals surface area contributed by atoms with Crippen molar-refractivity contribution in [3.05, 3.63) is 46.4 Å². The number of aliphatic hydroxyl groups is 1. The van der Waals surface area contributed by atoms with Crippen LogP contribution < -0.4 is 10.6 Å². The lowest BCUT2D eigenvalue weighted by molar-refractivity contribution is 0.175. The Morgan fingerprint density at radius 2 is 2.37 bits per heavy atom. The molecule has 1 unspecified atom stereocenters. The molecule has 0 fully saturated rings. The number of anilines is 1. The average Bonchev–Trinajstić information content (AvgIpc) is 2.88. The second kappa shape index (κ2) is 6.51. The summed E-state index contributed by atoms with van der Waals surface area (Å²) in [4.78, 5) is 15.4. The molecule has 0 spiro atoms. The van der Waals surface area contributed by atoms with Crippen LogP contribution in [-0.4, -0.2) is 22.7 Å². The van der Waals surface area contributed by atoms with Crippen molar-refractivity contribution in [2.75, 3.05) is 11.9 Å². The van der Waals surface area contributed by atoms with Crippen LogP contribution >= 0.6 is 22.9 Å². The number of nitrogens with zero attached hydrogens (tertiary/aromatic N) is 1. The Kier molecular flexibility index (Phi) is 4.73. The fourth-order valence-electron chi connectivity index (χ4n) is 1.45. The van der Waals surface area contributed by atoms with E-state index in [2.05, 4.69) is 15.6 Å². The van der Waals surface area contributed by atoms with E-state index < -0.39 is 12.1 Å². The monoisotopic (exact) mass is 297 g/mol. The summed E-state index contributed by atoms with van der Waals surface area (Å²) in [7, 11) is 0. The van der Waals surface area contributed by atoms with Gasteiger partial charge in [-0.2, -0.15) is 0 Å². The molecule has 5 nitrogen and oxygen atoms in total. The van der Waals surface area contributed by atoms with Gasteiger partial charge in [0.25, 0.3) is 0 Å². The normalized spacial score (nSPS) is 11.9. The van der Waals surface area contributed by atoms with Crippen molar-refractivity contribution in [2.45, 2.75) is 6.10 Å². The number of carbonyl (C=O) groups excluding carboxylic acids is 1. The smallest absolute Gasteiger partial charge is 0.321 e. The van der Waals surface area contributed by atoms with Gasteiger partial charge in [0.05, 0.1) is 6.10 Å². The van der Waals surface area contributed by atoms with E-state index in [4.69, 9.17) is 11.6 Å². The minimum absolute atomic E-state index is 0.0948. The summed E-state index contributed by atoms with van der Waals surface area (Å²) in [6.07, 6.45) is 0.793. The number of carbonyl (C=O) groups is 1. The Bertz CT molecular complexity index is 548. The first-order valence-corrected chi connectivity index (χ1v) is 6.79. The van der Waals surface area contributed by atoms with E-state index in [1.165, 1.54) is 11.3 Å². The number of urea groups is 1. The molecule has 19 heavy (non-hydrogen) atoms. The molecule has 2 rings (SSSR count). The first-order valence-electron chi connectivity index (χ1n) is 5.53. The van der Waals surface area contributed by atoms with Gasteiger partial charge in [-0.3, -0.25) is 5.32 Å². The highest BCUT2D eigenvalue weighted by atomic mass is 35.5. The van der Waals surface area contributed by atoms with Crippen LogP contribution in [0.15, 0.2) is 35.8 Å². The molecule has 2 aromatic rings. The predicted molar refractivity (Wildman–Crippen MR) is 75.5 cm³/mol. The van der Waals surface area contributed by atoms with E-state index >= 15 is 0 Å². The van der Waals surface area contributed by atoms with Crippen LogP contribution in [0.5, 0.6) is 0 Å². The van der Waals surface area contributed by atoms with Gasteiger partial charge in [-0.15, -0.1) is 11.3 Å². The summed E-state index contributed by atoms with van der Waals surface area (Å²) < 4.78 is 0. The van der Waals surface area contributed by atoms with Crippen LogP contribution in [0, 0.1) is 0 Å². The summed E-state index contributed by atoms with van der Waals surface area (Å²) in [5.41, 5.74) is 0.655. The SMILES string of the molecule is O=C(NCC(O)c1cccc(Cl)c1)Nc1nccs1. The topological polar surface area (TPSA) is 74.2 Å². The van der Waals surface area contributed by atoms with Gasteiger partial charge >= 0.3 is 6.03 Å². The number of aliphatic hydroxyl groups excluding tert-OH is 1. The molecule has 1 aromatic heterocycles. The van der Waals surface area contributed by atoms with Gasteiger partial charge in [-0.1, -0.05) is 23.7 Å². The minimum Gasteiger partial charge on any atom is -0.387 e. The number of hydrogen-bond acceptors (Lipinski definition) is 4. The van der Waals surface area contributed by atoms with Gasteiger partial charge in [-0.25, -0.2) is 9.78 Å². The molecule has 0 aliphatic carbocycles. The summed E-state index contributed by atoms with van der Waals surface area (Å²) in [5, 5.41) is 17.8. The van der Waals surface area contributed by atoms with Crippen molar-refractivity contribution in [2.24, 2.45) is 0 Å². The van der Waals surface area contributed by atoms with Crippen LogP contribution in [0.3, 0.4) is 0 Å². The number of halogens is 1. The quantitative estimate of drug-likeness (QED) is 0.812. The third kappa shape index (κ3) is 4.20. The van der Waals surface area contributed by atoms with Gasteiger partial charge in [-0.05, 0) is 17.7 Å². The summed E-state index contributed by atoms with van der Waals surface area (Å²) in [5.74, 6) is 0. The van der Waals surface area contributed by atoms with Crippen molar-refractivity contribution in [1.29, 1.82) is 0 Å². The highest BCUT2D eigenvalue weighted by Gasteiger charge is 2.10. The molecule has 100 valence electrons. The first kappa shape index (κ1) is 13.8. The molecule has 0 aliphatic heterocycles. The van der Waals surface area contributed by atoms with E-state index in [0.29, 0.717) is 15.7 Å². The van der Waals surface area contributed by atoms with Crippen molar-refractivity contribution in [1.82, 2.24) is 10.3 Å². The maximum atomic E-state index is 11.5. The van der Waals surface area contributed by atoms with Crippen molar-refractivity contribution >= 4 is 34.1 Å². The lowest BCUT2D eigenvalue weighted by Crippen LogP contribution is -2.32. The summed E-state index contributed by atoms with van der Waals surface area (Å²) in [6, 6.07) is 6.47. The Morgan fingerprint density at radius 1 is 1.53 bits per heavy atom. The Hall–Kier alpha value is -1.63. The number of benzene rings is 1. The van der Waals surface area contributed by atoms with Crippen molar-refractivity contribution < 1.29 is 9.90 Å². The zero-order valence-corrected chi connectivity index (χ0v) is 11.4. The molecule has 0 aliphatic rings. The third-order valence-electron chi connectivity index (χ3n) is 2.34. The standard InChI is InChI=1S/C12H12ClN3O2S/c13-9-3-1-2-8(6-9)10(17)7-15-11(18)16-12-14-4-5-19-12/h1-6,10,17H,7H2,(H2,14,15,16,18). The Morgan fingerprint density at radius 3 is 3.05 bits per heavy atom. The van der Waals surface area contributed by atoms with Crippen LogP contribution in [-0.2, 0) is 0 Å². The maximum absolute atomic E-state index is 11.5. The minimum atomic E-state index is -0.805. The average molecular weight is 298 g/mol. The number of thiazole rings is 1. The van der Waals surface area contributed by atoms with Gasteiger partial charge in [0, 0.05) is 23.1 Å². The van der Waals surface area contributed by atoms with Gasteiger partial charge in [0.2, 0.25) is 0 Å². The lowest BCUT2D eigenvalue weighted by Gasteiger charge is -2.12. The molecule has 0 saturated heterocycles. The molecule has 1 aromatic carbocycles. The Labute approximate surface area is 119 Å². The zero-order valence-electron chi connectivity index (χ0n) is 9.84. The van der Waals surface area contributed by atoms with E-state index in [1.54, 1.807) is 35.8 Å². The largest absolute Gasteiger partial charge is 0.387 e. The molecular formula is C12H12ClN3O2S. The fraction of sp³-hybridized carbons (Fsp3) is 0.167. The molecule has 0 saturated carbocycles. The summed E-state index contributed by atoms with van der Waals surface area (Å²) >= 11 is 7.15. The van der Waals surface area contributed by atoms with Crippen LogP contribution in [0.25, 0.3) is 0 Å². The van der Waals surface area contributed by atoms with Crippen LogP contribution in [0.4, 0.5) is 9.93 Å². The van der Waals surface area contributed by atoms with Crippen LogP contribution in [0.1, 0.15) is 11.7 Å². The molecule has 3 N–H and O–H groups in total. The molecule has 7 heteroatoms. The van der Waals surface area contributed by atoms with Gasteiger partial charge in [0.1, 0.15) is 0 Å². The van der Waals surface area contributed by atoms with Crippen molar-refractivity contribution in [3.8, 4) is 0 Å². The number of nitrogens with one attached hydrogen (secondary N) is 2. The molecule has 1 heterocycles. The van der Waals surface area contributed by atoms with Crippen LogP contribution in [0.2, 0.25) is 5.02 Å². The van der Waals surface area contributed by atoms with E-state index in [-0.39, 0.29) is 6.54 Å². The number of amides is 2. The predicted octanol–water partition coefficient (Wildman–Crippen LogP) is 2.65. The Balaban J connectivity index is 1.83. The number of hydrogen-bond donors (Lipinski definition) is 3. The van der Waals surface area contributed by atoms with Gasteiger partial charge < -0.3 is 10.4 Å². The highest BCUT2D eigenvalue weighted by molar-refractivity contribution is 7.13. The van der Waals surface area contributed by atoms with E-state index in [9.17, 15) is 9.90 Å². The molecule has 0 bridgehead atoms. The molecule has 2 amide bonds. The molecule has 1 atom stereocenters. The second-order valence-corrected chi connectivity index (χ2v) is 5.07. The molecular weight excluding hydrogens is 286 g/mol. The first-order chi connectivity index (χ1) is 9.15. The zero-order chi connectivity index (χ0) is 13.7. The number of rotatable bonds is 4. The van der Waals surface area contributed by atoms with Gasteiger partial charge in [0.15, 0.2) is 5.13 Å². The van der Waals surface area contributed by atoms with E-state index in [0.717, 1.165) is 0 Å². The fourth-order valence-corrected chi connectivity index (χ4v) is 2.17. The second-order valence-electron chi connectivity index (χ2n) is 3.74. The summed E-state index contributed by atoms with van der Waals surface area (Å²) in [6.45, 7) is 0.0948. The number of aromatic nitrogens is 1. The lowest BCUT2D eigenvalue weighted by atomic mass is 10.1. The third-order valence-corrected chi connectivity index (χ3v) is 3.27. The van der Waals surface area contributed by atoms with E-state index in [1.807, 2.05) is 0 Å².